The summed E-state index contributed by atoms with van der Waals surface area (Å²) in [6, 6.07) is 5.92. The number of urea groups is 1. The minimum Gasteiger partial charge on any atom is -0.382 e. The molecule has 2 atom stereocenters. The highest BCUT2D eigenvalue weighted by atomic mass is 19.4. The first-order chi connectivity index (χ1) is 12.1. The number of nitrogens with one attached hydrogen (secondary N) is 3. The lowest BCUT2D eigenvalue weighted by molar-refractivity contribution is -0.214. The number of carbonyl (C=O) groups is 1. The molecule has 0 saturated heterocycles. The Labute approximate surface area is 147 Å². The number of aliphatic hydroxyl groups is 1. The first kappa shape index (κ1) is 19.8. The first-order valence-corrected chi connectivity index (χ1v) is 7.99. The molecule has 0 saturated carbocycles. The van der Waals surface area contributed by atoms with Gasteiger partial charge in [-0.1, -0.05) is 32.0 Å². The highest BCUT2D eigenvalue weighted by Gasteiger charge is 2.45. The van der Waals surface area contributed by atoms with Crippen LogP contribution in [0.4, 0.5) is 18.0 Å². The summed E-state index contributed by atoms with van der Waals surface area (Å²) in [7, 11) is 0. The van der Waals surface area contributed by atoms with Gasteiger partial charge in [0.25, 0.3) is 0 Å². The number of para-hydroxylation sites is 1. The van der Waals surface area contributed by atoms with Crippen LogP contribution < -0.4 is 16.2 Å². The third-order valence-corrected chi connectivity index (χ3v) is 3.97. The second-order valence-electron chi connectivity index (χ2n) is 6.29. The van der Waals surface area contributed by atoms with Crippen molar-refractivity contribution in [3.05, 3.63) is 46.2 Å². The van der Waals surface area contributed by atoms with Crippen molar-refractivity contribution in [2.75, 3.05) is 0 Å². The average molecular weight is 371 g/mol. The van der Waals surface area contributed by atoms with E-state index in [1.807, 2.05) is 0 Å². The van der Waals surface area contributed by atoms with E-state index in [9.17, 15) is 27.9 Å². The van der Waals surface area contributed by atoms with Crippen LogP contribution in [-0.2, 0) is 6.54 Å². The smallest absolute Gasteiger partial charge is 0.382 e. The van der Waals surface area contributed by atoms with Crippen molar-refractivity contribution >= 4 is 16.9 Å². The Morgan fingerprint density at radius 3 is 2.54 bits per heavy atom. The van der Waals surface area contributed by atoms with Gasteiger partial charge in [-0.3, -0.25) is 4.79 Å². The summed E-state index contributed by atoms with van der Waals surface area (Å²) >= 11 is 0. The maximum Gasteiger partial charge on any atom is 0.416 e. The number of aliphatic hydroxyl groups excluding tert-OH is 1. The Bertz CT molecular complexity index is 833. The molecule has 0 bridgehead atoms. The molecule has 26 heavy (non-hydrogen) atoms. The Morgan fingerprint density at radius 1 is 1.27 bits per heavy atom. The fourth-order valence-corrected chi connectivity index (χ4v) is 2.61. The van der Waals surface area contributed by atoms with Crippen LogP contribution in [0, 0.1) is 5.92 Å². The van der Waals surface area contributed by atoms with Crippen LogP contribution in [0.3, 0.4) is 0 Å². The van der Waals surface area contributed by atoms with E-state index in [2.05, 4.69) is 15.6 Å². The van der Waals surface area contributed by atoms with Crippen LogP contribution in [0.2, 0.25) is 0 Å². The molecule has 0 aliphatic carbocycles. The molecule has 9 heteroatoms. The monoisotopic (exact) mass is 371 g/mol. The van der Waals surface area contributed by atoms with Gasteiger partial charge < -0.3 is 20.7 Å². The SMILES string of the molecule is CC(C)[C@H](NC(=O)NCc1cc(=O)[nH]c2ccccc12)[C@H](O)C(F)(F)F. The molecular weight excluding hydrogens is 351 g/mol. The van der Waals surface area contributed by atoms with Gasteiger partial charge in [0, 0.05) is 23.5 Å². The predicted molar refractivity (Wildman–Crippen MR) is 90.6 cm³/mol. The molecule has 1 aromatic carbocycles. The summed E-state index contributed by atoms with van der Waals surface area (Å²) in [5.74, 6) is -0.641. The van der Waals surface area contributed by atoms with Crippen molar-refractivity contribution in [3.8, 4) is 0 Å². The maximum atomic E-state index is 12.7. The topological polar surface area (TPSA) is 94.2 Å². The summed E-state index contributed by atoms with van der Waals surface area (Å²) < 4.78 is 38.2. The molecule has 0 radical (unpaired) electrons. The van der Waals surface area contributed by atoms with Gasteiger partial charge in [-0.15, -0.1) is 0 Å². The molecule has 0 aliphatic rings. The molecule has 142 valence electrons. The lowest BCUT2D eigenvalue weighted by atomic mass is 9.98. The molecule has 2 amide bonds. The zero-order valence-electron chi connectivity index (χ0n) is 14.2. The van der Waals surface area contributed by atoms with E-state index < -0.39 is 30.3 Å². The number of hydrogen-bond donors (Lipinski definition) is 4. The number of alkyl halides is 3. The molecule has 2 aromatic rings. The standard InChI is InChI=1S/C17H20F3N3O3/c1-9(2)14(15(25)17(18,19)20)23-16(26)21-8-10-7-13(24)22-12-6-4-3-5-11(10)12/h3-7,9,14-15,25H,8H2,1-2H3,(H,22,24)(H2,21,23,26)/t14-,15-/m0/s1. The van der Waals surface area contributed by atoms with Crippen LogP contribution >= 0.6 is 0 Å². The number of amides is 2. The zero-order valence-corrected chi connectivity index (χ0v) is 14.2. The van der Waals surface area contributed by atoms with E-state index in [0.29, 0.717) is 16.5 Å². The van der Waals surface area contributed by atoms with Crippen molar-refractivity contribution in [1.82, 2.24) is 15.6 Å². The van der Waals surface area contributed by atoms with E-state index in [1.165, 1.54) is 19.9 Å². The number of rotatable bonds is 5. The van der Waals surface area contributed by atoms with Gasteiger partial charge in [0.05, 0.1) is 6.04 Å². The van der Waals surface area contributed by atoms with E-state index in [4.69, 9.17) is 0 Å². The fraction of sp³-hybridized carbons (Fsp3) is 0.412. The normalized spacial score (nSPS) is 14.3. The third-order valence-electron chi connectivity index (χ3n) is 3.97. The summed E-state index contributed by atoms with van der Waals surface area (Å²) in [4.78, 5) is 26.3. The van der Waals surface area contributed by atoms with Gasteiger partial charge in [0.2, 0.25) is 5.56 Å². The van der Waals surface area contributed by atoms with Crippen LogP contribution in [-0.4, -0.2) is 34.4 Å². The Hall–Kier alpha value is -2.55. The third kappa shape index (κ3) is 4.75. The molecule has 1 heterocycles. The number of halogens is 3. The molecule has 1 aromatic heterocycles. The number of hydrogen-bond acceptors (Lipinski definition) is 3. The lowest BCUT2D eigenvalue weighted by Crippen LogP contribution is -2.54. The highest BCUT2D eigenvalue weighted by Crippen LogP contribution is 2.25. The summed E-state index contributed by atoms with van der Waals surface area (Å²) in [6.07, 6.45) is -7.51. The van der Waals surface area contributed by atoms with Gasteiger partial charge in [-0.05, 0) is 17.5 Å². The number of fused-ring (bicyclic) bond motifs is 1. The van der Waals surface area contributed by atoms with Crippen molar-refractivity contribution in [2.24, 2.45) is 5.92 Å². The molecule has 0 aliphatic heterocycles. The van der Waals surface area contributed by atoms with Gasteiger partial charge in [-0.2, -0.15) is 13.2 Å². The Morgan fingerprint density at radius 2 is 1.92 bits per heavy atom. The molecule has 0 spiro atoms. The van der Waals surface area contributed by atoms with Crippen molar-refractivity contribution in [1.29, 1.82) is 0 Å². The fourth-order valence-electron chi connectivity index (χ4n) is 2.61. The number of carbonyl (C=O) groups excluding carboxylic acids is 1. The minimum absolute atomic E-state index is 0.0524. The molecule has 6 nitrogen and oxygen atoms in total. The van der Waals surface area contributed by atoms with Gasteiger partial charge in [0.15, 0.2) is 6.10 Å². The van der Waals surface area contributed by atoms with Crippen molar-refractivity contribution < 1.29 is 23.1 Å². The van der Waals surface area contributed by atoms with Crippen LogP contribution in [0.25, 0.3) is 10.9 Å². The number of aromatic nitrogens is 1. The zero-order chi connectivity index (χ0) is 19.5. The molecule has 4 N–H and O–H groups in total. The Kier molecular flexibility index (Phi) is 5.91. The van der Waals surface area contributed by atoms with Crippen LogP contribution in [0.1, 0.15) is 19.4 Å². The van der Waals surface area contributed by atoms with Crippen molar-refractivity contribution in [3.63, 3.8) is 0 Å². The number of aromatic amines is 1. The molecule has 0 unspecified atom stereocenters. The van der Waals surface area contributed by atoms with E-state index in [-0.39, 0.29) is 12.1 Å². The largest absolute Gasteiger partial charge is 0.416 e. The van der Waals surface area contributed by atoms with Crippen LogP contribution in [0.5, 0.6) is 0 Å². The predicted octanol–water partition coefficient (Wildman–Crippen LogP) is 2.28. The van der Waals surface area contributed by atoms with E-state index in [1.54, 1.807) is 24.3 Å². The Balaban J connectivity index is 2.10. The molecular formula is C17H20F3N3O3. The van der Waals surface area contributed by atoms with Gasteiger partial charge in [0.1, 0.15) is 0 Å². The first-order valence-electron chi connectivity index (χ1n) is 7.99. The second kappa shape index (κ2) is 7.77. The summed E-state index contributed by atoms with van der Waals surface area (Å²) in [5, 5.41) is 14.7. The number of H-pyrrole nitrogens is 1. The average Bonchev–Trinajstić information content (AvgIpc) is 2.55. The number of benzene rings is 1. The quantitative estimate of drug-likeness (QED) is 0.650. The maximum absolute atomic E-state index is 12.7. The molecule has 2 rings (SSSR count). The minimum atomic E-state index is -4.84. The van der Waals surface area contributed by atoms with Gasteiger partial charge >= 0.3 is 12.2 Å². The van der Waals surface area contributed by atoms with Crippen molar-refractivity contribution in [2.45, 2.75) is 38.7 Å². The summed E-state index contributed by atoms with van der Waals surface area (Å²) in [5.41, 5.74) is 0.759. The summed E-state index contributed by atoms with van der Waals surface area (Å²) in [6.45, 7) is 2.87. The second-order valence-corrected chi connectivity index (χ2v) is 6.29. The van der Waals surface area contributed by atoms with Gasteiger partial charge in [-0.25, -0.2) is 4.79 Å². The highest BCUT2D eigenvalue weighted by molar-refractivity contribution is 5.82. The molecule has 0 fully saturated rings. The van der Waals surface area contributed by atoms with E-state index >= 15 is 0 Å². The van der Waals surface area contributed by atoms with E-state index in [0.717, 1.165) is 0 Å². The number of pyridine rings is 1. The van der Waals surface area contributed by atoms with Crippen LogP contribution in [0.15, 0.2) is 35.1 Å². The lowest BCUT2D eigenvalue weighted by Gasteiger charge is -2.28.